The van der Waals surface area contributed by atoms with Gasteiger partial charge in [0.2, 0.25) is 0 Å². The Kier molecular flexibility index (Phi) is 5.93. The quantitative estimate of drug-likeness (QED) is 0.501. The largest absolute Gasteiger partial charge is 0.497 e. The van der Waals surface area contributed by atoms with Gasteiger partial charge in [-0.05, 0) is 61.2 Å². The molecule has 128 valence electrons. The lowest BCUT2D eigenvalue weighted by atomic mass is 9.98. The summed E-state index contributed by atoms with van der Waals surface area (Å²) in [5.74, 6) is 0.675. The van der Waals surface area contributed by atoms with Gasteiger partial charge in [0.05, 0.1) is 21.8 Å². The minimum atomic E-state index is -0.237. The van der Waals surface area contributed by atoms with Crippen LogP contribution in [-0.2, 0) is 0 Å². The lowest BCUT2D eigenvalue weighted by molar-refractivity contribution is 0.0947. The Morgan fingerprint density at radius 1 is 1.04 bits per heavy atom. The van der Waals surface area contributed by atoms with E-state index in [1.54, 1.807) is 7.11 Å². The molecular formula is C19H15Br2NO2S. The minimum absolute atomic E-state index is 0.110. The Balaban J connectivity index is 1.92. The first kappa shape index (κ1) is 18.2. The van der Waals surface area contributed by atoms with Gasteiger partial charge in [0, 0.05) is 4.47 Å². The van der Waals surface area contributed by atoms with Gasteiger partial charge in [0.15, 0.2) is 0 Å². The van der Waals surface area contributed by atoms with Crippen molar-refractivity contribution in [3.63, 3.8) is 0 Å². The number of hydrogen-bond acceptors (Lipinski definition) is 3. The molecule has 0 aliphatic heterocycles. The smallest absolute Gasteiger partial charge is 0.262 e. The van der Waals surface area contributed by atoms with E-state index in [0.717, 1.165) is 25.1 Å². The van der Waals surface area contributed by atoms with Crippen LogP contribution in [0, 0.1) is 0 Å². The summed E-state index contributed by atoms with van der Waals surface area (Å²) in [6, 6.07) is 19.2. The molecule has 0 aliphatic rings. The van der Waals surface area contributed by atoms with Gasteiger partial charge in [-0.1, -0.05) is 42.5 Å². The van der Waals surface area contributed by atoms with Crippen molar-refractivity contribution in [2.45, 2.75) is 6.04 Å². The monoisotopic (exact) mass is 479 g/mol. The summed E-state index contributed by atoms with van der Waals surface area (Å²) < 4.78 is 7.00. The zero-order valence-electron chi connectivity index (χ0n) is 13.3. The van der Waals surface area contributed by atoms with Crippen LogP contribution >= 0.6 is 43.2 Å². The maximum Gasteiger partial charge on any atom is 0.262 e. The van der Waals surface area contributed by atoms with E-state index in [4.69, 9.17) is 4.74 Å². The third kappa shape index (κ3) is 4.32. The van der Waals surface area contributed by atoms with Crippen LogP contribution < -0.4 is 10.1 Å². The second-order valence-electron chi connectivity index (χ2n) is 5.32. The van der Waals surface area contributed by atoms with Crippen molar-refractivity contribution >= 4 is 49.1 Å². The van der Waals surface area contributed by atoms with Crippen LogP contribution in [0.2, 0.25) is 0 Å². The van der Waals surface area contributed by atoms with Crippen LogP contribution in [-0.4, -0.2) is 13.0 Å². The number of amides is 1. The second kappa shape index (κ2) is 8.17. The first-order valence-electron chi connectivity index (χ1n) is 7.53. The highest BCUT2D eigenvalue weighted by molar-refractivity contribution is 9.13. The predicted octanol–water partition coefficient (Wildman–Crippen LogP) is 5.80. The summed E-state index contributed by atoms with van der Waals surface area (Å²) in [5, 5.41) is 3.13. The van der Waals surface area contributed by atoms with E-state index in [9.17, 15) is 4.79 Å². The van der Waals surface area contributed by atoms with Gasteiger partial charge < -0.3 is 10.1 Å². The summed E-state index contributed by atoms with van der Waals surface area (Å²) in [5.41, 5.74) is 2.02. The van der Waals surface area contributed by atoms with E-state index >= 15 is 0 Å². The number of ether oxygens (including phenoxy) is 1. The molecule has 2 aromatic carbocycles. The van der Waals surface area contributed by atoms with Crippen molar-refractivity contribution in [2.75, 3.05) is 7.11 Å². The van der Waals surface area contributed by atoms with E-state index in [2.05, 4.69) is 37.2 Å². The van der Waals surface area contributed by atoms with Gasteiger partial charge in [-0.15, -0.1) is 11.3 Å². The van der Waals surface area contributed by atoms with Crippen LogP contribution in [0.1, 0.15) is 26.8 Å². The van der Waals surface area contributed by atoms with Gasteiger partial charge in [0.1, 0.15) is 5.75 Å². The maximum atomic E-state index is 12.7. The molecule has 1 N–H and O–H groups in total. The number of hydrogen-bond donors (Lipinski definition) is 1. The second-order valence-corrected chi connectivity index (χ2v) is 8.55. The summed E-state index contributed by atoms with van der Waals surface area (Å²) in [7, 11) is 1.64. The van der Waals surface area contributed by atoms with Crippen molar-refractivity contribution in [3.05, 3.63) is 84.9 Å². The van der Waals surface area contributed by atoms with Crippen LogP contribution in [0.5, 0.6) is 5.75 Å². The molecule has 0 aliphatic carbocycles. The van der Waals surface area contributed by atoms with Crippen molar-refractivity contribution in [2.24, 2.45) is 0 Å². The number of benzene rings is 2. The van der Waals surface area contributed by atoms with Gasteiger partial charge in [0.25, 0.3) is 5.91 Å². The van der Waals surface area contributed by atoms with Crippen molar-refractivity contribution < 1.29 is 9.53 Å². The van der Waals surface area contributed by atoms with E-state index in [-0.39, 0.29) is 11.9 Å². The molecule has 1 amide bonds. The number of carbonyl (C=O) groups excluding carboxylic acids is 1. The molecule has 0 fully saturated rings. The SMILES string of the molecule is COc1ccc([C@@H](NC(=O)c2cc(Br)c(Br)s2)c2ccccc2)cc1. The van der Waals surface area contributed by atoms with Gasteiger partial charge in [-0.3, -0.25) is 4.79 Å². The average molecular weight is 481 g/mol. The third-order valence-electron chi connectivity index (χ3n) is 3.73. The molecule has 0 radical (unpaired) electrons. The standard InChI is InChI=1S/C19H15Br2NO2S/c1-24-14-9-7-13(8-10-14)17(12-5-3-2-4-6-12)22-19(23)16-11-15(20)18(21)25-16/h2-11,17H,1H3,(H,22,23)/t17-/m0/s1. The number of rotatable bonds is 5. The fourth-order valence-corrected chi connectivity index (χ4v) is 4.40. The van der Waals surface area contributed by atoms with Gasteiger partial charge in [-0.25, -0.2) is 0 Å². The average Bonchev–Trinajstić information content (AvgIpc) is 2.99. The van der Waals surface area contributed by atoms with E-state index in [1.807, 2.05) is 60.7 Å². The van der Waals surface area contributed by atoms with Crippen LogP contribution in [0.15, 0.2) is 68.9 Å². The molecule has 1 aromatic heterocycles. The molecule has 0 saturated carbocycles. The number of nitrogens with one attached hydrogen (secondary N) is 1. The molecular weight excluding hydrogens is 466 g/mol. The van der Waals surface area contributed by atoms with E-state index in [1.165, 1.54) is 11.3 Å². The highest BCUT2D eigenvalue weighted by Crippen LogP contribution is 2.33. The number of methoxy groups -OCH3 is 1. The molecule has 0 unspecified atom stereocenters. The Labute approximate surface area is 167 Å². The molecule has 6 heteroatoms. The fourth-order valence-electron chi connectivity index (χ4n) is 2.46. The molecule has 3 aromatic rings. The number of halogens is 2. The first-order chi connectivity index (χ1) is 12.1. The maximum absolute atomic E-state index is 12.7. The van der Waals surface area contributed by atoms with Crippen LogP contribution in [0.4, 0.5) is 0 Å². The predicted molar refractivity (Wildman–Crippen MR) is 108 cm³/mol. The van der Waals surface area contributed by atoms with Gasteiger partial charge >= 0.3 is 0 Å². The lowest BCUT2D eigenvalue weighted by Gasteiger charge is -2.20. The van der Waals surface area contributed by atoms with Crippen LogP contribution in [0.25, 0.3) is 0 Å². The van der Waals surface area contributed by atoms with Crippen LogP contribution in [0.3, 0.4) is 0 Å². The number of carbonyl (C=O) groups is 1. The third-order valence-corrected chi connectivity index (χ3v) is 6.98. The Bertz CT molecular complexity index is 843. The number of thiophene rings is 1. The Hall–Kier alpha value is -1.63. The topological polar surface area (TPSA) is 38.3 Å². The highest BCUT2D eigenvalue weighted by atomic mass is 79.9. The zero-order valence-corrected chi connectivity index (χ0v) is 17.3. The van der Waals surface area contributed by atoms with E-state index < -0.39 is 0 Å². The molecule has 25 heavy (non-hydrogen) atoms. The Morgan fingerprint density at radius 2 is 1.68 bits per heavy atom. The molecule has 3 rings (SSSR count). The van der Waals surface area contributed by atoms with Gasteiger partial charge in [-0.2, -0.15) is 0 Å². The molecule has 0 bridgehead atoms. The molecule has 0 spiro atoms. The van der Waals surface area contributed by atoms with Crippen molar-refractivity contribution in [1.82, 2.24) is 5.32 Å². The minimum Gasteiger partial charge on any atom is -0.497 e. The molecule has 3 nitrogen and oxygen atoms in total. The fraction of sp³-hybridized carbons (Fsp3) is 0.105. The Morgan fingerprint density at radius 3 is 2.24 bits per heavy atom. The van der Waals surface area contributed by atoms with Crippen molar-refractivity contribution in [3.8, 4) is 5.75 Å². The first-order valence-corrected chi connectivity index (χ1v) is 9.93. The van der Waals surface area contributed by atoms with Crippen molar-refractivity contribution in [1.29, 1.82) is 0 Å². The normalized spacial score (nSPS) is 11.8. The lowest BCUT2D eigenvalue weighted by Crippen LogP contribution is -2.28. The zero-order chi connectivity index (χ0) is 17.8. The summed E-state index contributed by atoms with van der Waals surface area (Å²) in [6.07, 6.45) is 0. The molecule has 0 saturated heterocycles. The summed E-state index contributed by atoms with van der Waals surface area (Å²) >= 11 is 8.26. The van der Waals surface area contributed by atoms with E-state index in [0.29, 0.717) is 4.88 Å². The summed E-state index contributed by atoms with van der Waals surface area (Å²) in [4.78, 5) is 13.4. The molecule has 1 atom stereocenters. The summed E-state index contributed by atoms with van der Waals surface area (Å²) in [6.45, 7) is 0. The highest BCUT2D eigenvalue weighted by Gasteiger charge is 2.20. The molecule has 1 heterocycles.